The molecule has 36 heavy (non-hydrogen) atoms. The number of aryl methyl sites for hydroxylation is 2. The third kappa shape index (κ3) is 4.88. The first-order chi connectivity index (χ1) is 17.2. The van der Waals surface area contributed by atoms with E-state index in [4.69, 9.17) is 9.47 Å². The van der Waals surface area contributed by atoms with E-state index in [1.807, 2.05) is 19.2 Å². The molecule has 4 rings (SSSR count). The van der Waals surface area contributed by atoms with Crippen LogP contribution in [0.5, 0.6) is 11.5 Å². The lowest BCUT2D eigenvalue weighted by Gasteiger charge is -2.21. The number of hydrogen-bond acceptors (Lipinski definition) is 10. The zero-order chi connectivity index (χ0) is 26.0. The van der Waals surface area contributed by atoms with Crippen LogP contribution in [0.3, 0.4) is 0 Å². The van der Waals surface area contributed by atoms with E-state index in [0.717, 1.165) is 11.3 Å². The highest BCUT2D eigenvalue weighted by atomic mass is 32.2. The predicted molar refractivity (Wildman–Crippen MR) is 137 cm³/mol. The Morgan fingerprint density at radius 3 is 2.22 bits per heavy atom. The zero-order valence-electron chi connectivity index (χ0n) is 20.8. The Balaban J connectivity index is 1.81. The molecular formula is C23H27N7O4S2. The van der Waals surface area contributed by atoms with Gasteiger partial charge in [0.25, 0.3) is 0 Å². The minimum atomic E-state index is -3.96. The molecule has 0 saturated heterocycles. The Labute approximate surface area is 213 Å². The molecule has 0 aliphatic carbocycles. The number of anilines is 1. The largest absolute Gasteiger partial charge is 0.494 e. The summed E-state index contributed by atoms with van der Waals surface area (Å²) in [7, 11) is -0.918. The smallest absolute Gasteiger partial charge is 0.243 e. The van der Waals surface area contributed by atoms with E-state index in [2.05, 4.69) is 29.9 Å². The van der Waals surface area contributed by atoms with Crippen LogP contribution < -0.4 is 14.2 Å². The van der Waals surface area contributed by atoms with Crippen molar-refractivity contribution in [2.45, 2.75) is 38.9 Å². The van der Waals surface area contributed by atoms with Crippen LogP contribution in [0.2, 0.25) is 0 Å². The average molecular weight is 530 g/mol. The molecular weight excluding hydrogens is 502 g/mol. The molecule has 0 aliphatic heterocycles. The maximum atomic E-state index is 13.5. The van der Waals surface area contributed by atoms with Gasteiger partial charge in [0, 0.05) is 29.4 Å². The van der Waals surface area contributed by atoms with Crippen molar-refractivity contribution in [3.63, 3.8) is 0 Å². The van der Waals surface area contributed by atoms with E-state index in [1.165, 1.54) is 25.6 Å². The number of hydrogen-bond donors (Lipinski definition) is 1. The summed E-state index contributed by atoms with van der Waals surface area (Å²) < 4.78 is 42.3. The number of nitrogens with zero attached hydrogens (tertiary/aromatic N) is 6. The minimum absolute atomic E-state index is 0.0236. The van der Waals surface area contributed by atoms with Gasteiger partial charge in [-0.1, -0.05) is 13.0 Å². The molecule has 2 atom stereocenters. The van der Waals surface area contributed by atoms with Crippen molar-refractivity contribution in [1.29, 1.82) is 0 Å². The highest BCUT2D eigenvalue weighted by Gasteiger charge is 2.32. The van der Waals surface area contributed by atoms with Crippen LogP contribution in [0.1, 0.15) is 36.8 Å². The summed E-state index contributed by atoms with van der Waals surface area (Å²) in [6.45, 7) is 7.11. The summed E-state index contributed by atoms with van der Waals surface area (Å²) >= 11 is 1.37. The van der Waals surface area contributed by atoms with Crippen LogP contribution in [-0.4, -0.2) is 57.6 Å². The first kappa shape index (κ1) is 25.5. The Morgan fingerprint density at radius 1 is 1.03 bits per heavy atom. The molecule has 190 valence electrons. The van der Waals surface area contributed by atoms with Crippen LogP contribution in [0.25, 0.3) is 16.5 Å². The minimum Gasteiger partial charge on any atom is -0.494 e. The van der Waals surface area contributed by atoms with Gasteiger partial charge in [-0.25, -0.2) is 23.4 Å². The summed E-state index contributed by atoms with van der Waals surface area (Å²) in [6.07, 6.45) is 3.33. The molecule has 4 aromatic rings. The first-order valence-electron chi connectivity index (χ1n) is 11.1. The van der Waals surface area contributed by atoms with Gasteiger partial charge in [-0.05, 0) is 38.5 Å². The molecule has 0 unspecified atom stereocenters. The van der Waals surface area contributed by atoms with E-state index in [9.17, 15) is 8.42 Å². The number of rotatable bonds is 9. The fourth-order valence-electron chi connectivity index (χ4n) is 3.55. The highest BCUT2D eigenvalue weighted by molar-refractivity contribution is 7.93. The van der Waals surface area contributed by atoms with E-state index in [1.54, 1.807) is 49.0 Å². The molecule has 13 heteroatoms. The Hall–Kier alpha value is -3.58. The number of ether oxygens (including phenoxy) is 2. The lowest BCUT2D eigenvalue weighted by Crippen LogP contribution is -2.31. The van der Waals surface area contributed by atoms with Crippen LogP contribution in [0.4, 0.5) is 5.95 Å². The van der Waals surface area contributed by atoms with Crippen molar-refractivity contribution in [2.24, 2.45) is 0 Å². The van der Waals surface area contributed by atoms with Crippen LogP contribution in [-0.2, 0) is 10.0 Å². The molecule has 3 heterocycles. The number of aromatic nitrogens is 6. The third-order valence-electron chi connectivity index (χ3n) is 5.73. The van der Waals surface area contributed by atoms with Gasteiger partial charge in [0.05, 0.1) is 19.5 Å². The number of thiazole rings is 1. The molecule has 0 spiro atoms. The quantitative estimate of drug-likeness (QED) is 0.344. The molecule has 0 aliphatic rings. The molecule has 0 bridgehead atoms. The van der Waals surface area contributed by atoms with Crippen LogP contribution in [0, 0.1) is 13.8 Å². The molecule has 3 aromatic heterocycles. The number of para-hydroxylation sites is 1. The lowest BCUT2D eigenvalue weighted by molar-refractivity contribution is 0.391. The second kappa shape index (κ2) is 10.2. The number of benzene rings is 1. The molecule has 0 saturated carbocycles. The zero-order valence-corrected chi connectivity index (χ0v) is 22.4. The number of methoxy groups -OCH3 is 2. The van der Waals surface area contributed by atoms with Crippen molar-refractivity contribution in [2.75, 3.05) is 18.9 Å². The Kier molecular flexibility index (Phi) is 7.22. The van der Waals surface area contributed by atoms with Gasteiger partial charge in [-0.2, -0.15) is 0 Å². The molecule has 11 nitrogen and oxygen atoms in total. The summed E-state index contributed by atoms with van der Waals surface area (Å²) in [4.78, 5) is 13.1. The second-order valence-electron chi connectivity index (χ2n) is 8.25. The second-order valence-corrected chi connectivity index (χ2v) is 11.1. The van der Waals surface area contributed by atoms with Gasteiger partial charge in [0.1, 0.15) is 23.0 Å². The normalized spacial score (nSPS) is 13.3. The fraction of sp³-hybridized carbons (Fsp3) is 0.348. The van der Waals surface area contributed by atoms with Gasteiger partial charge < -0.3 is 9.47 Å². The summed E-state index contributed by atoms with van der Waals surface area (Å²) in [5, 5.41) is 10.0. The van der Waals surface area contributed by atoms with Crippen molar-refractivity contribution < 1.29 is 17.9 Å². The topological polar surface area (TPSA) is 134 Å². The molecule has 0 fully saturated rings. The Morgan fingerprint density at radius 2 is 1.67 bits per heavy atom. The van der Waals surface area contributed by atoms with E-state index in [-0.39, 0.29) is 5.95 Å². The fourth-order valence-corrected chi connectivity index (χ4v) is 5.55. The van der Waals surface area contributed by atoms with E-state index >= 15 is 0 Å². The molecule has 1 aromatic carbocycles. The summed E-state index contributed by atoms with van der Waals surface area (Å²) in [6, 6.07) is 5.26. The highest BCUT2D eigenvalue weighted by Crippen LogP contribution is 2.38. The van der Waals surface area contributed by atoms with Crippen molar-refractivity contribution in [3.8, 4) is 28.0 Å². The predicted octanol–water partition coefficient (Wildman–Crippen LogP) is 3.75. The average Bonchev–Trinajstić information content (AvgIpc) is 3.48. The van der Waals surface area contributed by atoms with Gasteiger partial charge in [-0.3, -0.25) is 9.29 Å². The lowest BCUT2D eigenvalue weighted by atomic mass is 10.1. The first-order valence-corrected chi connectivity index (χ1v) is 13.5. The van der Waals surface area contributed by atoms with E-state index < -0.39 is 21.2 Å². The van der Waals surface area contributed by atoms with Gasteiger partial charge in [0.15, 0.2) is 10.8 Å². The molecule has 0 radical (unpaired) electrons. The van der Waals surface area contributed by atoms with Gasteiger partial charge in [0.2, 0.25) is 16.0 Å². The summed E-state index contributed by atoms with van der Waals surface area (Å²) in [5.41, 5.74) is 2.14. The Bertz CT molecular complexity index is 1440. The van der Waals surface area contributed by atoms with Gasteiger partial charge >= 0.3 is 0 Å². The van der Waals surface area contributed by atoms with Crippen molar-refractivity contribution in [3.05, 3.63) is 53.1 Å². The van der Waals surface area contributed by atoms with Crippen LogP contribution in [0.15, 0.2) is 36.0 Å². The maximum absolute atomic E-state index is 13.5. The van der Waals surface area contributed by atoms with Gasteiger partial charge in [-0.15, -0.1) is 21.5 Å². The molecule has 1 N–H and O–H groups in total. The summed E-state index contributed by atoms with van der Waals surface area (Å²) in [5.74, 6) is 1.16. The monoisotopic (exact) mass is 529 g/mol. The standard InChI is InChI=1S/C23H27N7O4S2/c1-13-10-24-20(25-11-13)15(3)16(4)36(31,32)29-23-28-27-21(22-26-14(2)12-35-22)30(23)19-17(33-5)8-7-9-18(19)34-6/h7-12,15-16H,1-6H3,(H,28,29)/t15-,16-/m1/s1. The number of nitrogens with one attached hydrogen (secondary N) is 1. The third-order valence-corrected chi connectivity index (χ3v) is 8.54. The number of sulfonamides is 1. The molecule has 0 amide bonds. The van der Waals surface area contributed by atoms with E-state index in [0.29, 0.717) is 33.8 Å². The van der Waals surface area contributed by atoms with Crippen LogP contribution >= 0.6 is 11.3 Å². The van der Waals surface area contributed by atoms with Crippen molar-refractivity contribution in [1.82, 2.24) is 29.7 Å². The SMILES string of the molecule is COc1cccc(OC)c1-n1c(NS(=O)(=O)[C@H](C)[C@@H](C)c2ncc(C)cn2)nnc1-c1nc(C)cs1. The maximum Gasteiger partial charge on any atom is 0.243 e. The van der Waals surface area contributed by atoms with Crippen molar-refractivity contribution >= 4 is 27.3 Å².